The van der Waals surface area contributed by atoms with E-state index in [1.807, 2.05) is 54.3 Å². The van der Waals surface area contributed by atoms with Crippen LogP contribution < -0.4 is 4.90 Å². The van der Waals surface area contributed by atoms with Gasteiger partial charge >= 0.3 is 0 Å². The smallest absolute Gasteiger partial charge is 0.235 e. The number of nitrogens with zero attached hydrogens (tertiary/aromatic N) is 2. The zero-order valence-electron chi connectivity index (χ0n) is 10.9. The molecule has 1 aromatic carbocycles. The average molecular weight is 252 g/mol. The lowest BCUT2D eigenvalue weighted by atomic mass is 10.00. The van der Waals surface area contributed by atoms with Gasteiger partial charge in [-0.15, -0.1) is 0 Å². The number of hydrogen-bond donors (Lipinski definition) is 0. The van der Waals surface area contributed by atoms with Gasteiger partial charge in [0.1, 0.15) is 5.82 Å². The van der Waals surface area contributed by atoms with Crippen molar-refractivity contribution in [2.24, 2.45) is 0 Å². The van der Waals surface area contributed by atoms with Crippen molar-refractivity contribution in [2.75, 3.05) is 11.4 Å². The Morgan fingerprint density at radius 2 is 2.00 bits per heavy atom. The molecule has 1 aliphatic heterocycles. The molecule has 3 rings (SSSR count). The van der Waals surface area contributed by atoms with Crippen molar-refractivity contribution in [1.82, 2.24) is 4.98 Å². The van der Waals surface area contributed by atoms with E-state index in [9.17, 15) is 4.79 Å². The second kappa shape index (κ2) is 4.84. The lowest BCUT2D eigenvalue weighted by Crippen LogP contribution is -2.33. The maximum atomic E-state index is 12.6. The highest BCUT2D eigenvalue weighted by molar-refractivity contribution is 5.98. The van der Waals surface area contributed by atoms with Gasteiger partial charge in [0.05, 0.1) is 5.92 Å². The van der Waals surface area contributed by atoms with Crippen molar-refractivity contribution >= 4 is 11.7 Å². The van der Waals surface area contributed by atoms with E-state index in [4.69, 9.17) is 0 Å². The fourth-order valence-corrected chi connectivity index (χ4v) is 2.54. The molecule has 1 atom stereocenters. The van der Waals surface area contributed by atoms with Crippen LogP contribution in [0.2, 0.25) is 0 Å². The van der Waals surface area contributed by atoms with E-state index in [0.717, 1.165) is 29.9 Å². The maximum Gasteiger partial charge on any atom is 0.235 e. The molecule has 0 aliphatic carbocycles. The number of carbonyl (C=O) groups is 1. The summed E-state index contributed by atoms with van der Waals surface area (Å²) in [5, 5.41) is 0. The minimum atomic E-state index is -0.130. The number of pyridine rings is 1. The minimum absolute atomic E-state index is 0.128. The van der Waals surface area contributed by atoms with E-state index in [1.54, 1.807) is 6.20 Å². The van der Waals surface area contributed by atoms with E-state index < -0.39 is 0 Å². The van der Waals surface area contributed by atoms with Crippen LogP contribution in [0, 0.1) is 0 Å². The number of hydrogen-bond acceptors (Lipinski definition) is 2. The Bertz CT molecular complexity index is 595. The second-order valence-corrected chi connectivity index (χ2v) is 4.86. The summed E-state index contributed by atoms with van der Waals surface area (Å²) in [5.41, 5.74) is 2.22. The summed E-state index contributed by atoms with van der Waals surface area (Å²) >= 11 is 0. The van der Waals surface area contributed by atoms with Crippen LogP contribution >= 0.6 is 0 Å². The average Bonchev–Trinajstić information content (AvgIpc) is 2.90. The van der Waals surface area contributed by atoms with E-state index in [0.29, 0.717) is 0 Å². The Labute approximate surface area is 112 Å². The molecule has 19 heavy (non-hydrogen) atoms. The molecule has 0 bridgehead atoms. The van der Waals surface area contributed by atoms with E-state index >= 15 is 0 Å². The normalized spacial score (nSPS) is 15.1. The van der Waals surface area contributed by atoms with Crippen LogP contribution in [0.3, 0.4) is 0 Å². The van der Waals surface area contributed by atoms with Gasteiger partial charge in [0.15, 0.2) is 0 Å². The molecule has 3 heteroatoms. The van der Waals surface area contributed by atoms with Crippen molar-refractivity contribution in [1.29, 1.82) is 0 Å². The van der Waals surface area contributed by atoms with Gasteiger partial charge in [-0.3, -0.25) is 9.69 Å². The van der Waals surface area contributed by atoms with E-state index in [-0.39, 0.29) is 11.8 Å². The molecule has 2 heterocycles. The van der Waals surface area contributed by atoms with Crippen LogP contribution in [0.5, 0.6) is 0 Å². The summed E-state index contributed by atoms with van der Waals surface area (Å²) in [7, 11) is 0. The van der Waals surface area contributed by atoms with Gasteiger partial charge in [0, 0.05) is 12.7 Å². The van der Waals surface area contributed by atoms with Gasteiger partial charge < -0.3 is 0 Å². The molecule has 0 N–H and O–H groups in total. The van der Waals surface area contributed by atoms with Crippen LogP contribution in [0.25, 0.3) is 0 Å². The van der Waals surface area contributed by atoms with Crippen molar-refractivity contribution in [2.45, 2.75) is 19.3 Å². The molecule has 1 unspecified atom stereocenters. The van der Waals surface area contributed by atoms with Crippen molar-refractivity contribution in [3.63, 3.8) is 0 Å². The number of aromatic nitrogens is 1. The first-order chi connectivity index (χ1) is 9.27. The topological polar surface area (TPSA) is 33.2 Å². The number of rotatable bonds is 2. The molecule has 1 aliphatic rings. The number of amides is 1. The third kappa shape index (κ3) is 2.12. The van der Waals surface area contributed by atoms with Gasteiger partial charge in [-0.1, -0.05) is 36.4 Å². The zero-order valence-corrected chi connectivity index (χ0v) is 10.9. The lowest BCUT2D eigenvalue weighted by molar-refractivity contribution is -0.119. The minimum Gasteiger partial charge on any atom is -0.296 e. The number of carbonyl (C=O) groups excluding carboxylic acids is 1. The number of benzene rings is 1. The summed E-state index contributed by atoms with van der Waals surface area (Å²) in [6, 6.07) is 13.9. The SMILES string of the molecule is CC(C(=O)N1CCc2cccnc21)c1ccccc1. The van der Waals surface area contributed by atoms with Crippen LogP contribution in [0.1, 0.15) is 24.0 Å². The van der Waals surface area contributed by atoms with E-state index in [2.05, 4.69) is 4.98 Å². The third-order valence-electron chi connectivity index (χ3n) is 3.66. The summed E-state index contributed by atoms with van der Waals surface area (Å²) < 4.78 is 0. The Kier molecular flexibility index (Phi) is 3.03. The largest absolute Gasteiger partial charge is 0.296 e. The molecular weight excluding hydrogens is 236 g/mol. The van der Waals surface area contributed by atoms with Crippen LogP contribution in [0.4, 0.5) is 5.82 Å². The first-order valence-corrected chi connectivity index (χ1v) is 6.57. The molecule has 1 amide bonds. The van der Waals surface area contributed by atoms with Gasteiger partial charge in [0.25, 0.3) is 0 Å². The fourth-order valence-electron chi connectivity index (χ4n) is 2.54. The first-order valence-electron chi connectivity index (χ1n) is 6.57. The van der Waals surface area contributed by atoms with Crippen LogP contribution in [-0.2, 0) is 11.2 Å². The van der Waals surface area contributed by atoms with Crippen molar-refractivity contribution in [3.05, 3.63) is 59.8 Å². The first kappa shape index (κ1) is 11.9. The summed E-state index contributed by atoms with van der Waals surface area (Å²) in [4.78, 5) is 18.7. The molecule has 1 aromatic heterocycles. The van der Waals surface area contributed by atoms with Gasteiger partial charge in [-0.05, 0) is 30.5 Å². The third-order valence-corrected chi connectivity index (χ3v) is 3.66. The lowest BCUT2D eigenvalue weighted by Gasteiger charge is -2.20. The van der Waals surface area contributed by atoms with Gasteiger partial charge in [-0.25, -0.2) is 4.98 Å². The molecule has 0 saturated heterocycles. The Balaban J connectivity index is 1.86. The van der Waals surface area contributed by atoms with E-state index in [1.165, 1.54) is 0 Å². The van der Waals surface area contributed by atoms with Gasteiger partial charge in [-0.2, -0.15) is 0 Å². The number of fused-ring (bicyclic) bond motifs is 1. The monoisotopic (exact) mass is 252 g/mol. The Morgan fingerprint density at radius 1 is 1.21 bits per heavy atom. The zero-order chi connectivity index (χ0) is 13.2. The summed E-state index contributed by atoms with van der Waals surface area (Å²) in [6.07, 6.45) is 2.65. The molecule has 0 saturated carbocycles. The highest BCUT2D eigenvalue weighted by Crippen LogP contribution is 2.28. The fraction of sp³-hybridized carbons (Fsp3) is 0.250. The Morgan fingerprint density at radius 3 is 2.79 bits per heavy atom. The van der Waals surface area contributed by atoms with Crippen molar-refractivity contribution < 1.29 is 4.79 Å². The molecule has 3 nitrogen and oxygen atoms in total. The summed E-state index contributed by atoms with van der Waals surface area (Å²) in [5.74, 6) is 0.827. The standard InChI is InChI=1S/C16H16N2O/c1-12(13-6-3-2-4-7-13)16(19)18-11-9-14-8-5-10-17-15(14)18/h2-8,10,12H,9,11H2,1H3. The molecule has 96 valence electrons. The molecular formula is C16H16N2O. The van der Waals surface area contributed by atoms with Gasteiger partial charge in [0.2, 0.25) is 5.91 Å². The molecule has 0 fully saturated rings. The number of anilines is 1. The van der Waals surface area contributed by atoms with Crippen LogP contribution in [-0.4, -0.2) is 17.4 Å². The van der Waals surface area contributed by atoms with Crippen molar-refractivity contribution in [3.8, 4) is 0 Å². The second-order valence-electron chi connectivity index (χ2n) is 4.86. The highest BCUT2D eigenvalue weighted by atomic mass is 16.2. The molecule has 0 radical (unpaired) electrons. The predicted octanol–water partition coefficient (Wildman–Crippen LogP) is 2.77. The maximum absolute atomic E-state index is 12.6. The van der Waals surface area contributed by atoms with Crippen LogP contribution in [0.15, 0.2) is 48.7 Å². The quantitative estimate of drug-likeness (QED) is 0.823. The predicted molar refractivity (Wildman–Crippen MR) is 75.2 cm³/mol. The Hall–Kier alpha value is -2.16. The molecule has 0 spiro atoms. The molecule has 2 aromatic rings. The summed E-state index contributed by atoms with van der Waals surface area (Å²) in [6.45, 7) is 2.70. The highest BCUT2D eigenvalue weighted by Gasteiger charge is 2.29.